The van der Waals surface area contributed by atoms with Crippen LogP contribution in [-0.2, 0) is 11.2 Å². The Kier molecular flexibility index (Phi) is 5.26. The number of ether oxygens (including phenoxy) is 3. The molecular formula is C17H16O7. The van der Waals surface area contributed by atoms with E-state index in [1.807, 2.05) is 0 Å². The van der Waals surface area contributed by atoms with Gasteiger partial charge in [-0.15, -0.1) is 0 Å². The maximum atomic E-state index is 11.0. The number of aliphatic carboxylic acids is 1. The number of carbonyl (C=O) groups is 2. The van der Waals surface area contributed by atoms with E-state index >= 15 is 0 Å². The Bertz CT molecular complexity index is 768. The van der Waals surface area contributed by atoms with Crippen molar-refractivity contribution >= 4 is 11.9 Å². The topological polar surface area (TPSA) is 102 Å². The molecule has 2 N–H and O–H groups in total. The molecule has 0 saturated carbocycles. The summed E-state index contributed by atoms with van der Waals surface area (Å²) in [6, 6.07) is 8.97. The molecule has 0 heterocycles. The molecule has 0 atom stereocenters. The minimum atomic E-state index is -1.08. The highest BCUT2D eigenvalue weighted by Crippen LogP contribution is 2.37. The molecule has 2 rings (SSSR count). The third-order valence-corrected chi connectivity index (χ3v) is 3.21. The molecule has 0 aromatic heterocycles. The number of aromatic carboxylic acids is 1. The quantitative estimate of drug-likeness (QED) is 0.803. The Morgan fingerprint density at radius 3 is 2.12 bits per heavy atom. The molecule has 0 unspecified atom stereocenters. The van der Waals surface area contributed by atoms with Crippen LogP contribution in [0.25, 0.3) is 0 Å². The van der Waals surface area contributed by atoms with Crippen molar-refractivity contribution in [3.63, 3.8) is 0 Å². The van der Waals surface area contributed by atoms with Crippen LogP contribution in [0.3, 0.4) is 0 Å². The van der Waals surface area contributed by atoms with Crippen molar-refractivity contribution in [3.05, 3.63) is 47.5 Å². The van der Waals surface area contributed by atoms with E-state index in [4.69, 9.17) is 24.4 Å². The van der Waals surface area contributed by atoms with Gasteiger partial charge in [0, 0.05) is 0 Å². The van der Waals surface area contributed by atoms with Gasteiger partial charge in [0.1, 0.15) is 0 Å². The summed E-state index contributed by atoms with van der Waals surface area (Å²) >= 11 is 0. The Balaban J connectivity index is 2.39. The maximum Gasteiger partial charge on any atom is 0.335 e. The average molecular weight is 332 g/mol. The lowest BCUT2D eigenvalue weighted by Gasteiger charge is -2.14. The lowest BCUT2D eigenvalue weighted by Crippen LogP contribution is -2.01. The highest BCUT2D eigenvalue weighted by Gasteiger charge is 2.14. The van der Waals surface area contributed by atoms with E-state index in [9.17, 15) is 9.59 Å². The van der Waals surface area contributed by atoms with E-state index < -0.39 is 11.9 Å². The second kappa shape index (κ2) is 7.36. The molecule has 2 aromatic rings. The van der Waals surface area contributed by atoms with Gasteiger partial charge >= 0.3 is 11.9 Å². The standard InChI is InChI=1S/C17H16O7/c1-22-12-5-3-10(8-16(18)19)7-15(12)24-13-6-4-11(17(20)21)9-14(13)23-2/h3-7,9H,8H2,1-2H3,(H,18,19)(H,20,21). The molecular weight excluding hydrogens is 316 g/mol. The van der Waals surface area contributed by atoms with Crippen molar-refractivity contribution in [2.75, 3.05) is 14.2 Å². The minimum absolute atomic E-state index is 0.0609. The smallest absolute Gasteiger partial charge is 0.335 e. The van der Waals surface area contributed by atoms with Crippen molar-refractivity contribution in [2.45, 2.75) is 6.42 Å². The van der Waals surface area contributed by atoms with E-state index in [-0.39, 0.29) is 23.5 Å². The van der Waals surface area contributed by atoms with Crippen molar-refractivity contribution < 1.29 is 34.0 Å². The summed E-state index contributed by atoms with van der Waals surface area (Å²) in [7, 11) is 2.86. The van der Waals surface area contributed by atoms with Crippen molar-refractivity contribution in [1.82, 2.24) is 0 Å². The largest absolute Gasteiger partial charge is 0.493 e. The molecule has 0 aliphatic heterocycles. The molecule has 0 amide bonds. The van der Waals surface area contributed by atoms with E-state index in [0.717, 1.165) is 0 Å². The number of carboxylic acids is 2. The van der Waals surface area contributed by atoms with Gasteiger partial charge in [-0.25, -0.2) is 4.79 Å². The van der Waals surface area contributed by atoms with Crippen molar-refractivity contribution in [1.29, 1.82) is 0 Å². The van der Waals surface area contributed by atoms with Crippen LogP contribution in [0.15, 0.2) is 36.4 Å². The van der Waals surface area contributed by atoms with Crippen LogP contribution in [0.1, 0.15) is 15.9 Å². The summed E-state index contributed by atoms with van der Waals surface area (Å²) in [5.74, 6) is -0.810. The fourth-order valence-electron chi connectivity index (χ4n) is 2.09. The van der Waals surface area contributed by atoms with Gasteiger partial charge in [-0.05, 0) is 35.9 Å². The summed E-state index contributed by atoms with van der Waals surface area (Å²) in [5, 5.41) is 17.9. The summed E-state index contributed by atoms with van der Waals surface area (Å²) in [6.45, 7) is 0. The van der Waals surface area contributed by atoms with Crippen LogP contribution in [0, 0.1) is 0 Å². The molecule has 7 heteroatoms. The molecule has 0 radical (unpaired) electrons. The number of benzene rings is 2. The van der Waals surface area contributed by atoms with Crippen LogP contribution in [-0.4, -0.2) is 36.4 Å². The van der Waals surface area contributed by atoms with Crippen LogP contribution >= 0.6 is 0 Å². The van der Waals surface area contributed by atoms with Gasteiger partial charge in [0.2, 0.25) is 0 Å². The number of hydrogen-bond acceptors (Lipinski definition) is 5. The molecule has 7 nitrogen and oxygen atoms in total. The van der Waals surface area contributed by atoms with Gasteiger partial charge in [-0.2, -0.15) is 0 Å². The normalized spacial score (nSPS) is 10.1. The lowest BCUT2D eigenvalue weighted by atomic mass is 10.1. The van der Waals surface area contributed by atoms with Crippen molar-refractivity contribution in [2.24, 2.45) is 0 Å². The van der Waals surface area contributed by atoms with Crippen LogP contribution in [0.4, 0.5) is 0 Å². The lowest BCUT2D eigenvalue weighted by molar-refractivity contribution is -0.136. The number of hydrogen-bond donors (Lipinski definition) is 2. The van der Waals surface area contributed by atoms with Gasteiger partial charge in [0.05, 0.1) is 26.2 Å². The highest BCUT2D eigenvalue weighted by molar-refractivity contribution is 5.88. The fraction of sp³-hybridized carbons (Fsp3) is 0.176. The van der Waals surface area contributed by atoms with Crippen molar-refractivity contribution in [3.8, 4) is 23.0 Å². The van der Waals surface area contributed by atoms with Gasteiger partial charge in [0.25, 0.3) is 0 Å². The van der Waals surface area contributed by atoms with Gasteiger partial charge in [0.15, 0.2) is 23.0 Å². The first-order valence-corrected chi connectivity index (χ1v) is 6.92. The predicted molar refractivity (Wildman–Crippen MR) is 84.4 cm³/mol. The minimum Gasteiger partial charge on any atom is -0.493 e. The Morgan fingerprint density at radius 1 is 0.875 bits per heavy atom. The zero-order chi connectivity index (χ0) is 17.7. The van der Waals surface area contributed by atoms with E-state index in [2.05, 4.69) is 0 Å². The van der Waals surface area contributed by atoms with E-state index in [1.54, 1.807) is 18.2 Å². The zero-order valence-electron chi connectivity index (χ0n) is 13.1. The van der Waals surface area contributed by atoms with E-state index in [0.29, 0.717) is 17.1 Å². The monoisotopic (exact) mass is 332 g/mol. The third kappa shape index (κ3) is 3.95. The molecule has 0 bridgehead atoms. The first-order chi connectivity index (χ1) is 11.4. The number of carboxylic acid groups (broad SMARTS) is 2. The molecule has 126 valence electrons. The second-order valence-corrected chi connectivity index (χ2v) is 4.83. The van der Waals surface area contributed by atoms with E-state index in [1.165, 1.54) is 32.4 Å². The molecule has 0 spiro atoms. The zero-order valence-corrected chi connectivity index (χ0v) is 13.1. The highest BCUT2D eigenvalue weighted by atomic mass is 16.5. The van der Waals surface area contributed by atoms with Gasteiger partial charge in [-0.1, -0.05) is 6.07 Å². The molecule has 0 aliphatic carbocycles. The molecule has 0 aliphatic rings. The second-order valence-electron chi connectivity index (χ2n) is 4.83. The maximum absolute atomic E-state index is 11.0. The third-order valence-electron chi connectivity index (χ3n) is 3.21. The molecule has 0 saturated heterocycles. The molecule has 0 fully saturated rings. The fourth-order valence-corrected chi connectivity index (χ4v) is 2.09. The van der Waals surface area contributed by atoms with Gasteiger partial charge in [-0.3, -0.25) is 4.79 Å². The molecule has 2 aromatic carbocycles. The summed E-state index contributed by atoms with van der Waals surface area (Å²) in [5.41, 5.74) is 0.602. The van der Waals surface area contributed by atoms with Gasteiger partial charge < -0.3 is 24.4 Å². The number of rotatable bonds is 7. The Morgan fingerprint density at radius 2 is 1.54 bits per heavy atom. The number of methoxy groups -OCH3 is 2. The average Bonchev–Trinajstić information content (AvgIpc) is 2.54. The first-order valence-electron chi connectivity index (χ1n) is 6.92. The van der Waals surface area contributed by atoms with Crippen LogP contribution in [0.5, 0.6) is 23.0 Å². The summed E-state index contributed by atoms with van der Waals surface area (Å²) in [6.07, 6.45) is -0.157. The Labute approximate surface area is 138 Å². The Hall–Kier alpha value is -3.22. The summed E-state index contributed by atoms with van der Waals surface area (Å²) < 4.78 is 16.1. The predicted octanol–water partition coefficient (Wildman–Crippen LogP) is 2.82. The summed E-state index contributed by atoms with van der Waals surface area (Å²) in [4.78, 5) is 21.9. The first kappa shape index (κ1) is 17.1. The van der Waals surface area contributed by atoms with Crippen LogP contribution < -0.4 is 14.2 Å². The molecule has 24 heavy (non-hydrogen) atoms. The SMILES string of the molecule is COc1cc(C(=O)O)ccc1Oc1cc(CC(=O)O)ccc1OC. The van der Waals surface area contributed by atoms with Crippen LogP contribution in [0.2, 0.25) is 0 Å².